The summed E-state index contributed by atoms with van der Waals surface area (Å²) in [5.74, 6) is -1.48. The minimum atomic E-state index is -3.12. The van der Waals surface area contributed by atoms with Gasteiger partial charge in [-0.2, -0.15) is 4.99 Å². The minimum Gasteiger partial charge on any atom is -0.481 e. The lowest BCUT2D eigenvalue weighted by atomic mass is 10.2. The van der Waals surface area contributed by atoms with Gasteiger partial charge in [-0.15, -0.1) is 0 Å². The predicted molar refractivity (Wildman–Crippen MR) is 105 cm³/mol. The molecular weight excluding hydrogens is 479 g/mol. The monoisotopic (exact) mass is 494 g/mol. The highest BCUT2D eigenvalue weighted by Crippen LogP contribution is 2.42. The average molecular weight is 494 g/mol. The second-order valence-electron chi connectivity index (χ2n) is 5.80. The first kappa shape index (κ1) is 18.6. The molecule has 0 aromatic heterocycles. The number of sulfone groups is 1. The van der Waals surface area contributed by atoms with Gasteiger partial charge in [0.15, 0.2) is 15.0 Å². The number of aliphatic imine (C=N–C) groups is 1. The molecular formula is C15H15IN2O5S2. The largest absolute Gasteiger partial charge is 0.481 e. The van der Waals surface area contributed by atoms with E-state index in [9.17, 15) is 18.0 Å². The van der Waals surface area contributed by atoms with Crippen molar-refractivity contribution in [1.82, 2.24) is 0 Å². The van der Waals surface area contributed by atoms with Crippen LogP contribution in [-0.2, 0) is 19.4 Å². The first-order valence-electron chi connectivity index (χ1n) is 7.51. The molecule has 134 valence electrons. The van der Waals surface area contributed by atoms with Crippen LogP contribution in [0.5, 0.6) is 0 Å². The molecule has 0 bridgehead atoms. The smallest absolute Gasteiger partial charge is 0.303 e. The third-order valence-electron chi connectivity index (χ3n) is 3.95. The van der Waals surface area contributed by atoms with Gasteiger partial charge in [0.2, 0.25) is 5.91 Å². The second-order valence-corrected chi connectivity index (χ2v) is 10.3. The van der Waals surface area contributed by atoms with Gasteiger partial charge in [0.1, 0.15) is 0 Å². The van der Waals surface area contributed by atoms with E-state index < -0.39 is 21.7 Å². The molecule has 2 heterocycles. The highest BCUT2D eigenvalue weighted by Gasteiger charge is 2.49. The van der Waals surface area contributed by atoms with Gasteiger partial charge in [0, 0.05) is 15.2 Å². The number of amidine groups is 1. The first-order chi connectivity index (χ1) is 11.8. The number of rotatable bonds is 4. The number of halogens is 1. The summed E-state index contributed by atoms with van der Waals surface area (Å²) < 4.78 is 24.9. The van der Waals surface area contributed by atoms with E-state index in [2.05, 4.69) is 27.6 Å². The number of aliphatic carboxylic acids is 1. The molecule has 25 heavy (non-hydrogen) atoms. The number of hydrogen-bond donors (Lipinski definition) is 1. The van der Waals surface area contributed by atoms with Gasteiger partial charge >= 0.3 is 5.97 Å². The topological polar surface area (TPSA) is 104 Å². The second kappa shape index (κ2) is 7.23. The van der Waals surface area contributed by atoms with Crippen molar-refractivity contribution < 1.29 is 23.1 Å². The zero-order valence-electron chi connectivity index (χ0n) is 13.0. The molecule has 1 aromatic carbocycles. The van der Waals surface area contributed by atoms with Gasteiger partial charge in [-0.25, -0.2) is 8.42 Å². The van der Waals surface area contributed by atoms with Gasteiger partial charge in [0.05, 0.1) is 29.7 Å². The fourth-order valence-electron chi connectivity index (χ4n) is 2.87. The number of benzene rings is 1. The van der Waals surface area contributed by atoms with Gasteiger partial charge < -0.3 is 10.0 Å². The van der Waals surface area contributed by atoms with Crippen LogP contribution in [0.3, 0.4) is 0 Å². The molecule has 0 radical (unpaired) electrons. The zero-order valence-corrected chi connectivity index (χ0v) is 16.8. The van der Waals surface area contributed by atoms with Crippen molar-refractivity contribution in [3.63, 3.8) is 0 Å². The Balaban J connectivity index is 1.94. The molecule has 3 rings (SSSR count). The molecule has 2 aliphatic heterocycles. The maximum absolute atomic E-state index is 12.0. The van der Waals surface area contributed by atoms with Crippen LogP contribution in [0.1, 0.15) is 12.8 Å². The Labute approximate surface area is 162 Å². The molecule has 1 aromatic rings. The summed E-state index contributed by atoms with van der Waals surface area (Å²) in [5.41, 5.74) is 0.810. The lowest BCUT2D eigenvalue weighted by molar-refractivity contribution is -0.138. The Morgan fingerprint density at radius 2 is 2.00 bits per heavy atom. The van der Waals surface area contributed by atoms with Crippen LogP contribution in [0.4, 0.5) is 5.69 Å². The molecule has 2 saturated heterocycles. The highest BCUT2D eigenvalue weighted by molar-refractivity contribution is 14.1. The van der Waals surface area contributed by atoms with Crippen LogP contribution < -0.4 is 4.90 Å². The lowest BCUT2D eigenvalue weighted by Crippen LogP contribution is -2.38. The lowest BCUT2D eigenvalue weighted by Gasteiger charge is -2.25. The normalized spacial score (nSPS) is 26.0. The van der Waals surface area contributed by atoms with Gasteiger partial charge in [-0.3, -0.25) is 9.59 Å². The van der Waals surface area contributed by atoms with Crippen LogP contribution in [-0.4, -0.2) is 53.4 Å². The van der Waals surface area contributed by atoms with Crippen molar-refractivity contribution >= 4 is 66.9 Å². The molecule has 1 N–H and O–H groups in total. The van der Waals surface area contributed by atoms with Crippen LogP contribution >= 0.6 is 34.4 Å². The average Bonchev–Trinajstić information content (AvgIpc) is 2.97. The van der Waals surface area contributed by atoms with Crippen LogP contribution in [0, 0.1) is 3.57 Å². The quantitative estimate of drug-likeness (QED) is 0.637. The molecule has 7 nitrogen and oxygen atoms in total. The summed E-state index contributed by atoms with van der Waals surface area (Å²) in [6, 6.07) is 7.24. The third-order valence-corrected chi connectivity index (χ3v) is 8.07. The third kappa shape index (κ3) is 4.17. The van der Waals surface area contributed by atoms with Crippen molar-refractivity contribution in [3.05, 3.63) is 27.8 Å². The molecule has 1 amide bonds. The van der Waals surface area contributed by atoms with E-state index in [0.717, 1.165) is 9.26 Å². The van der Waals surface area contributed by atoms with Gasteiger partial charge in [0.25, 0.3) is 0 Å². The zero-order chi connectivity index (χ0) is 18.2. The van der Waals surface area contributed by atoms with Crippen LogP contribution in [0.25, 0.3) is 0 Å². The van der Waals surface area contributed by atoms with Crippen molar-refractivity contribution in [2.45, 2.75) is 24.1 Å². The number of carboxylic acids is 1. The number of anilines is 1. The number of hydrogen-bond acceptors (Lipinski definition) is 5. The Morgan fingerprint density at radius 3 is 2.68 bits per heavy atom. The van der Waals surface area contributed by atoms with E-state index >= 15 is 0 Å². The molecule has 0 saturated carbocycles. The van der Waals surface area contributed by atoms with Crippen LogP contribution in [0.15, 0.2) is 29.3 Å². The number of carbonyl (C=O) groups is 2. The standard InChI is InChI=1S/C15H15IN2O5S2/c16-9-3-1-2-4-10(9)18-11-7-25(22,23)8-12(11)24-15(18)17-13(19)5-6-14(20)21/h1-4,11-12H,5-8H2,(H,20,21)/t11-,12-/m1/s1. The highest BCUT2D eigenvalue weighted by atomic mass is 127. The first-order valence-corrected chi connectivity index (χ1v) is 11.3. The van der Waals surface area contributed by atoms with Crippen molar-refractivity contribution in [2.24, 2.45) is 4.99 Å². The maximum atomic E-state index is 12.0. The fraction of sp³-hybridized carbons (Fsp3) is 0.400. The molecule has 0 aliphatic carbocycles. The maximum Gasteiger partial charge on any atom is 0.303 e. The van der Waals surface area contributed by atoms with Crippen molar-refractivity contribution in [1.29, 1.82) is 0 Å². The summed E-state index contributed by atoms with van der Waals surface area (Å²) in [6.07, 6.45) is -0.447. The number of carbonyl (C=O) groups excluding carboxylic acids is 1. The van der Waals surface area contributed by atoms with Gasteiger partial charge in [-0.1, -0.05) is 23.9 Å². The molecule has 10 heteroatoms. The van der Waals surface area contributed by atoms with Crippen molar-refractivity contribution in [2.75, 3.05) is 16.4 Å². The fourth-order valence-corrected chi connectivity index (χ4v) is 7.44. The van der Waals surface area contributed by atoms with E-state index in [4.69, 9.17) is 5.11 Å². The number of fused-ring (bicyclic) bond motifs is 1. The minimum absolute atomic E-state index is 0.0258. The predicted octanol–water partition coefficient (Wildman–Crippen LogP) is 1.76. The Morgan fingerprint density at radius 1 is 1.28 bits per heavy atom. The summed E-state index contributed by atoms with van der Waals surface area (Å²) in [6.45, 7) is 0. The molecule has 2 fully saturated rings. The number of amides is 1. The van der Waals surface area contributed by atoms with E-state index in [0.29, 0.717) is 5.17 Å². The molecule has 2 atom stereocenters. The van der Waals surface area contributed by atoms with E-state index in [1.54, 1.807) is 0 Å². The summed E-state index contributed by atoms with van der Waals surface area (Å²) >= 11 is 3.45. The number of thioether (sulfide) groups is 1. The Hall–Kier alpha value is -1.14. The SMILES string of the molecule is O=C(O)CCC(=O)N=C1S[C@@H]2CS(=O)(=O)C[C@H]2N1c1ccccc1I. The Bertz CT molecular complexity index is 855. The van der Waals surface area contributed by atoms with E-state index in [1.807, 2.05) is 29.2 Å². The molecule has 0 unspecified atom stereocenters. The number of para-hydroxylation sites is 1. The van der Waals surface area contributed by atoms with E-state index in [1.165, 1.54) is 11.8 Å². The summed E-state index contributed by atoms with van der Waals surface area (Å²) in [4.78, 5) is 28.5. The van der Waals surface area contributed by atoms with E-state index in [-0.39, 0.29) is 35.6 Å². The Kier molecular flexibility index (Phi) is 5.40. The molecule has 0 spiro atoms. The van der Waals surface area contributed by atoms with Crippen LogP contribution in [0.2, 0.25) is 0 Å². The molecule has 2 aliphatic rings. The number of nitrogens with zero attached hydrogens (tertiary/aromatic N) is 2. The van der Waals surface area contributed by atoms with Gasteiger partial charge in [-0.05, 0) is 34.7 Å². The summed E-state index contributed by atoms with van der Waals surface area (Å²) in [7, 11) is -3.12. The number of carboxylic acid groups (broad SMARTS) is 1. The summed E-state index contributed by atoms with van der Waals surface area (Å²) in [5, 5.41) is 8.97. The van der Waals surface area contributed by atoms with Crippen molar-refractivity contribution in [3.8, 4) is 0 Å².